The number of hydrogen-bond donors (Lipinski definition) is 0. The second-order valence-corrected chi connectivity index (χ2v) is 6.38. The highest BCUT2D eigenvalue weighted by molar-refractivity contribution is 6.33. The van der Waals surface area contributed by atoms with E-state index in [1.165, 1.54) is 24.3 Å². The van der Waals surface area contributed by atoms with E-state index in [2.05, 4.69) is 14.9 Å². The van der Waals surface area contributed by atoms with Crippen molar-refractivity contribution in [1.29, 1.82) is 0 Å². The Kier molecular flexibility index (Phi) is 5.56. The molecular formula is C16H16ClF3N4O3. The maximum absolute atomic E-state index is 12.5. The molecule has 0 atom stereocenters. The summed E-state index contributed by atoms with van der Waals surface area (Å²) in [5.74, 6) is -0.210. The van der Waals surface area contributed by atoms with E-state index in [1.54, 1.807) is 6.07 Å². The Labute approximate surface area is 157 Å². The van der Waals surface area contributed by atoms with Gasteiger partial charge in [0.1, 0.15) is 11.5 Å². The number of nitrogens with zero attached hydrogens (tertiary/aromatic N) is 4. The maximum atomic E-state index is 12.5. The zero-order valence-electron chi connectivity index (χ0n) is 14.3. The van der Waals surface area contributed by atoms with Crippen LogP contribution in [0.3, 0.4) is 0 Å². The summed E-state index contributed by atoms with van der Waals surface area (Å²) in [6, 6.07) is 3.03. The first-order chi connectivity index (χ1) is 12.8. The Morgan fingerprint density at radius 3 is 2.59 bits per heavy atom. The van der Waals surface area contributed by atoms with Crippen LogP contribution in [0.4, 0.5) is 19.0 Å². The molecular weight excluding hydrogens is 389 g/mol. The fraction of sp³-hybridized carbons (Fsp3) is 0.438. The fourth-order valence-electron chi connectivity index (χ4n) is 2.78. The minimum atomic E-state index is -4.21. The summed E-state index contributed by atoms with van der Waals surface area (Å²) in [7, 11) is 1.23. The molecule has 0 aliphatic carbocycles. The van der Waals surface area contributed by atoms with E-state index >= 15 is 0 Å². The zero-order valence-corrected chi connectivity index (χ0v) is 15.0. The van der Waals surface area contributed by atoms with Gasteiger partial charge in [-0.25, -0.2) is 9.78 Å². The summed E-state index contributed by atoms with van der Waals surface area (Å²) in [6.07, 6.45) is -2.69. The van der Waals surface area contributed by atoms with Crippen LogP contribution in [0.1, 0.15) is 10.6 Å². The smallest absolute Gasteiger partial charge is 0.401 e. The molecule has 2 aromatic heterocycles. The Morgan fingerprint density at radius 2 is 2.00 bits per heavy atom. The molecule has 0 bridgehead atoms. The highest BCUT2D eigenvalue weighted by Gasteiger charge is 2.32. The molecule has 11 heteroatoms. The first kappa shape index (κ1) is 19.4. The number of pyridine rings is 1. The van der Waals surface area contributed by atoms with E-state index in [0.29, 0.717) is 35.2 Å². The largest absolute Gasteiger partial charge is 0.463 e. The number of alkyl halides is 3. The van der Waals surface area contributed by atoms with Crippen molar-refractivity contribution in [2.45, 2.75) is 6.18 Å². The second kappa shape index (κ2) is 7.73. The predicted molar refractivity (Wildman–Crippen MR) is 90.8 cm³/mol. The van der Waals surface area contributed by atoms with Crippen molar-refractivity contribution in [3.8, 4) is 11.3 Å². The number of esters is 1. The number of aromatic nitrogens is 2. The van der Waals surface area contributed by atoms with Gasteiger partial charge in [0.15, 0.2) is 0 Å². The monoisotopic (exact) mass is 404 g/mol. The summed E-state index contributed by atoms with van der Waals surface area (Å²) in [4.78, 5) is 18.9. The van der Waals surface area contributed by atoms with Crippen LogP contribution in [0, 0.1) is 0 Å². The van der Waals surface area contributed by atoms with Crippen molar-refractivity contribution in [1.82, 2.24) is 15.0 Å². The molecule has 0 N–H and O–H groups in total. The lowest BCUT2D eigenvalue weighted by atomic mass is 10.2. The van der Waals surface area contributed by atoms with Gasteiger partial charge in [0.2, 0.25) is 5.76 Å². The van der Waals surface area contributed by atoms with E-state index in [1.807, 2.05) is 4.90 Å². The third-order valence-corrected chi connectivity index (χ3v) is 4.37. The highest BCUT2D eigenvalue weighted by Crippen LogP contribution is 2.29. The minimum Gasteiger partial charge on any atom is -0.463 e. The maximum Gasteiger partial charge on any atom is 0.401 e. The number of rotatable bonds is 4. The minimum absolute atomic E-state index is 0.0477. The first-order valence-corrected chi connectivity index (χ1v) is 8.39. The van der Waals surface area contributed by atoms with Crippen LogP contribution in [-0.4, -0.2) is 67.0 Å². The van der Waals surface area contributed by atoms with Crippen LogP contribution in [0.2, 0.25) is 5.02 Å². The summed E-state index contributed by atoms with van der Waals surface area (Å²) in [5, 5.41) is 4.11. The first-order valence-electron chi connectivity index (χ1n) is 8.02. The fourth-order valence-corrected chi connectivity index (χ4v) is 3.07. The number of methoxy groups -OCH3 is 1. The van der Waals surface area contributed by atoms with Crippen LogP contribution in [0.5, 0.6) is 0 Å². The molecule has 1 aliphatic heterocycles. The Morgan fingerprint density at radius 1 is 1.30 bits per heavy atom. The number of ether oxygens (including phenoxy) is 1. The van der Waals surface area contributed by atoms with Crippen LogP contribution in [0.25, 0.3) is 11.3 Å². The van der Waals surface area contributed by atoms with Crippen LogP contribution in [0.15, 0.2) is 22.9 Å². The molecule has 0 aromatic carbocycles. The standard InChI is InChI=1S/C16H16ClF3N4O3/c1-26-15(25)13-7-12(22-27-13)10-6-11(17)14(21-8-10)24-4-2-23(3-5-24)9-16(18,19)20/h6-8H,2-5,9H2,1H3. The van der Waals surface area contributed by atoms with Gasteiger partial charge in [0.25, 0.3) is 0 Å². The number of carbonyl (C=O) groups is 1. The number of halogens is 4. The van der Waals surface area contributed by atoms with Gasteiger partial charge >= 0.3 is 12.1 Å². The van der Waals surface area contributed by atoms with Crippen LogP contribution in [-0.2, 0) is 4.74 Å². The number of carbonyl (C=O) groups excluding carboxylic acids is 1. The normalized spacial score (nSPS) is 15.8. The number of hydrogen-bond acceptors (Lipinski definition) is 7. The number of anilines is 1. The van der Waals surface area contributed by atoms with Gasteiger partial charge in [-0.1, -0.05) is 16.8 Å². The molecule has 1 saturated heterocycles. The van der Waals surface area contributed by atoms with E-state index in [9.17, 15) is 18.0 Å². The van der Waals surface area contributed by atoms with Crippen molar-refractivity contribution in [3.05, 3.63) is 29.1 Å². The van der Waals surface area contributed by atoms with Crippen molar-refractivity contribution in [2.75, 3.05) is 44.7 Å². The van der Waals surface area contributed by atoms with Gasteiger partial charge in [-0.15, -0.1) is 0 Å². The van der Waals surface area contributed by atoms with Gasteiger partial charge in [-0.05, 0) is 6.07 Å². The molecule has 1 fully saturated rings. The highest BCUT2D eigenvalue weighted by atomic mass is 35.5. The van der Waals surface area contributed by atoms with Gasteiger partial charge < -0.3 is 14.2 Å². The van der Waals surface area contributed by atoms with E-state index in [-0.39, 0.29) is 18.8 Å². The molecule has 146 valence electrons. The topological polar surface area (TPSA) is 71.7 Å². The molecule has 2 aromatic rings. The van der Waals surface area contributed by atoms with E-state index in [0.717, 1.165) is 0 Å². The van der Waals surface area contributed by atoms with Crippen LogP contribution < -0.4 is 4.90 Å². The Bertz CT molecular complexity index is 819. The van der Waals surface area contributed by atoms with Gasteiger partial charge in [0.05, 0.1) is 18.7 Å². The van der Waals surface area contributed by atoms with E-state index in [4.69, 9.17) is 16.1 Å². The van der Waals surface area contributed by atoms with Gasteiger partial charge in [-0.3, -0.25) is 4.90 Å². The third kappa shape index (κ3) is 4.69. The molecule has 3 rings (SSSR count). The quantitative estimate of drug-likeness (QED) is 0.725. The summed E-state index contributed by atoms with van der Waals surface area (Å²) in [5.41, 5.74) is 0.907. The van der Waals surface area contributed by atoms with Gasteiger partial charge in [0, 0.05) is 44.0 Å². The lowest BCUT2D eigenvalue weighted by Gasteiger charge is -2.35. The molecule has 0 unspecified atom stereocenters. The zero-order chi connectivity index (χ0) is 19.6. The van der Waals surface area contributed by atoms with Crippen molar-refractivity contribution in [2.24, 2.45) is 0 Å². The molecule has 0 saturated carbocycles. The third-order valence-electron chi connectivity index (χ3n) is 4.09. The average Bonchev–Trinajstić information content (AvgIpc) is 3.10. The van der Waals surface area contributed by atoms with Gasteiger partial charge in [-0.2, -0.15) is 13.2 Å². The average molecular weight is 405 g/mol. The predicted octanol–water partition coefficient (Wildman–Crippen LogP) is 2.86. The lowest BCUT2D eigenvalue weighted by molar-refractivity contribution is -0.146. The van der Waals surface area contributed by atoms with Crippen LogP contribution >= 0.6 is 11.6 Å². The molecule has 3 heterocycles. The molecule has 27 heavy (non-hydrogen) atoms. The van der Waals surface area contributed by atoms with Crippen molar-refractivity contribution >= 4 is 23.4 Å². The summed E-state index contributed by atoms with van der Waals surface area (Å²) in [6.45, 7) is 0.392. The van der Waals surface area contributed by atoms with Crippen molar-refractivity contribution in [3.63, 3.8) is 0 Å². The van der Waals surface area contributed by atoms with Crippen molar-refractivity contribution < 1.29 is 27.2 Å². The lowest BCUT2D eigenvalue weighted by Crippen LogP contribution is -2.49. The molecule has 0 amide bonds. The Balaban J connectivity index is 1.69. The molecule has 7 nitrogen and oxygen atoms in total. The van der Waals surface area contributed by atoms with E-state index < -0.39 is 18.7 Å². The summed E-state index contributed by atoms with van der Waals surface area (Å²) < 4.78 is 46.9. The molecule has 0 spiro atoms. The molecule has 1 aliphatic rings. The summed E-state index contributed by atoms with van der Waals surface area (Å²) >= 11 is 6.30. The Hall–Kier alpha value is -2.33. The number of piperazine rings is 1. The second-order valence-electron chi connectivity index (χ2n) is 5.98. The SMILES string of the molecule is COC(=O)c1cc(-c2cnc(N3CCN(CC(F)(F)F)CC3)c(Cl)c2)no1. The molecule has 0 radical (unpaired) electrons.